The fourth-order valence-electron chi connectivity index (χ4n) is 10.7. The average Bonchev–Trinajstić information content (AvgIpc) is 3.88. The van der Waals surface area contributed by atoms with Crippen molar-refractivity contribution in [2.45, 2.75) is 22.1 Å². The van der Waals surface area contributed by atoms with Crippen molar-refractivity contribution in [2.24, 2.45) is 9.98 Å². The van der Waals surface area contributed by atoms with Crippen LogP contribution in [0.25, 0.3) is 72.9 Å². The number of aromatic nitrogens is 2. The van der Waals surface area contributed by atoms with Crippen LogP contribution in [0.1, 0.15) is 39.8 Å². The molecule has 1 aromatic heterocycles. The zero-order valence-corrected chi connectivity index (χ0v) is 41.3. The van der Waals surface area contributed by atoms with Crippen molar-refractivity contribution in [3.8, 4) is 67.3 Å². The quantitative estimate of drug-likeness (QED) is 0.137. The van der Waals surface area contributed by atoms with Crippen molar-refractivity contribution in [3.05, 3.63) is 301 Å². The summed E-state index contributed by atoms with van der Waals surface area (Å²) in [6.45, 7) is 4.74. The van der Waals surface area contributed by atoms with Crippen LogP contribution in [0.15, 0.2) is 288 Å². The van der Waals surface area contributed by atoms with E-state index in [1.807, 2.05) is 23.9 Å². The molecule has 74 heavy (non-hydrogen) atoms. The van der Waals surface area contributed by atoms with Gasteiger partial charge in [-0.1, -0.05) is 237 Å². The van der Waals surface area contributed by atoms with Gasteiger partial charge in [0, 0.05) is 49.5 Å². The molecule has 350 valence electrons. The van der Waals surface area contributed by atoms with Crippen LogP contribution in [-0.4, -0.2) is 26.8 Å². The molecule has 3 unspecified atom stereocenters. The number of rotatable bonds is 10. The van der Waals surface area contributed by atoms with Crippen molar-refractivity contribution in [3.63, 3.8) is 0 Å². The fourth-order valence-corrected chi connectivity index (χ4v) is 12.2. The van der Waals surface area contributed by atoms with Crippen molar-refractivity contribution < 1.29 is 0 Å². The van der Waals surface area contributed by atoms with Gasteiger partial charge in [-0.15, -0.1) is 11.8 Å². The number of nitrogens with zero attached hydrogens (tertiary/aromatic N) is 4. The van der Waals surface area contributed by atoms with Gasteiger partial charge in [0.1, 0.15) is 6.04 Å². The van der Waals surface area contributed by atoms with Crippen LogP contribution in [0.2, 0.25) is 0 Å². The Labute approximate surface area is 436 Å². The van der Waals surface area contributed by atoms with Crippen molar-refractivity contribution in [2.75, 3.05) is 0 Å². The highest BCUT2D eigenvalue weighted by Gasteiger charge is 2.37. The Morgan fingerprint density at radius 3 is 1.72 bits per heavy atom. The zero-order chi connectivity index (χ0) is 49.4. The summed E-state index contributed by atoms with van der Waals surface area (Å²) >= 11 is 1.96. The van der Waals surface area contributed by atoms with Crippen molar-refractivity contribution in [1.82, 2.24) is 9.97 Å². The van der Waals surface area contributed by atoms with Crippen molar-refractivity contribution >= 4 is 28.9 Å². The number of allylic oxidation sites excluding steroid dienone is 3. The van der Waals surface area contributed by atoms with E-state index < -0.39 is 0 Å². The van der Waals surface area contributed by atoms with Crippen LogP contribution in [-0.2, 0) is 0 Å². The first-order chi connectivity index (χ1) is 36.6. The molecule has 5 heteroatoms. The normalized spacial score (nSPS) is 16.7. The maximum Gasteiger partial charge on any atom is 0.161 e. The molecule has 4 nitrogen and oxygen atoms in total. The Bertz CT molecular complexity index is 3840. The minimum Gasteiger partial charge on any atom is -0.253 e. The molecule has 9 aromatic carbocycles. The second kappa shape index (κ2) is 19.5. The largest absolute Gasteiger partial charge is 0.253 e. The lowest BCUT2D eigenvalue weighted by atomic mass is 9.82. The molecule has 2 aliphatic heterocycles. The highest BCUT2D eigenvalue weighted by atomic mass is 32.2. The van der Waals surface area contributed by atoms with Crippen LogP contribution in [0.3, 0.4) is 0 Å². The molecule has 0 fully saturated rings. The number of amidine groups is 1. The summed E-state index contributed by atoms with van der Waals surface area (Å²) in [4.78, 5) is 23.1. The number of hydrogen-bond acceptors (Lipinski definition) is 5. The van der Waals surface area contributed by atoms with Crippen molar-refractivity contribution in [1.29, 1.82) is 0 Å². The van der Waals surface area contributed by atoms with Gasteiger partial charge in [-0.25, -0.2) is 15.0 Å². The van der Waals surface area contributed by atoms with Gasteiger partial charge < -0.3 is 0 Å². The third kappa shape index (κ3) is 8.47. The van der Waals surface area contributed by atoms with E-state index in [9.17, 15) is 0 Å². The molecular formula is C69H48N4S. The Morgan fingerprint density at radius 2 is 1.00 bits per heavy atom. The number of benzene rings is 9. The molecular weight excluding hydrogens is 917 g/mol. The summed E-state index contributed by atoms with van der Waals surface area (Å²) in [6, 6.07) is 85.2. The first-order valence-corrected chi connectivity index (χ1v) is 26.0. The van der Waals surface area contributed by atoms with Gasteiger partial charge in [0.15, 0.2) is 11.7 Å². The number of aliphatic imine (C=N–C) groups is 2. The Morgan fingerprint density at radius 1 is 0.419 bits per heavy atom. The van der Waals surface area contributed by atoms with Gasteiger partial charge in [0.05, 0.1) is 17.1 Å². The van der Waals surface area contributed by atoms with Gasteiger partial charge in [-0.3, -0.25) is 4.99 Å². The topological polar surface area (TPSA) is 50.5 Å². The summed E-state index contributed by atoms with van der Waals surface area (Å²) < 4.78 is 0. The summed E-state index contributed by atoms with van der Waals surface area (Å²) in [7, 11) is 0. The Hall–Kier alpha value is -9.03. The summed E-state index contributed by atoms with van der Waals surface area (Å²) in [5.41, 5.74) is 19.7. The molecule has 3 aliphatic rings. The van der Waals surface area contributed by atoms with E-state index in [-0.39, 0.29) is 17.2 Å². The van der Waals surface area contributed by atoms with Gasteiger partial charge >= 0.3 is 0 Å². The van der Waals surface area contributed by atoms with Gasteiger partial charge in [-0.2, -0.15) is 0 Å². The summed E-state index contributed by atoms with van der Waals surface area (Å²) in [5, 5.41) is 0.220. The fraction of sp³-hybridized carbons (Fsp3) is 0.0435. The van der Waals surface area contributed by atoms with Gasteiger partial charge in [-0.05, 0) is 86.0 Å². The molecule has 3 heterocycles. The summed E-state index contributed by atoms with van der Waals surface area (Å²) in [6.07, 6.45) is 6.94. The third-order valence-electron chi connectivity index (χ3n) is 14.4. The van der Waals surface area contributed by atoms with E-state index in [2.05, 4.69) is 249 Å². The predicted octanol–water partition coefficient (Wildman–Crippen LogP) is 17.2. The highest BCUT2D eigenvalue weighted by molar-refractivity contribution is 8.00. The molecule has 0 spiro atoms. The van der Waals surface area contributed by atoms with Crippen LogP contribution in [0.5, 0.6) is 0 Å². The minimum atomic E-state index is -0.365. The monoisotopic (exact) mass is 964 g/mol. The van der Waals surface area contributed by atoms with E-state index in [0.29, 0.717) is 11.7 Å². The number of thioether (sulfide) groups is 1. The number of hydrogen-bond donors (Lipinski definition) is 0. The first-order valence-electron chi connectivity index (χ1n) is 25.2. The lowest BCUT2D eigenvalue weighted by Gasteiger charge is -2.27. The molecule has 10 aromatic rings. The van der Waals surface area contributed by atoms with E-state index in [1.54, 1.807) is 0 Å². The predicted molar refractivity (Wildman–Crippen MR) is 308 cm³/mol. The summed E-state index contributed by atoms with van der Waals surface area (Å²) in [5.74, 6) is 1.58. The zero-order valence-electron chi connectivity index (χ0n) is 40.5. The molecule has 3 atom stereocenters. The van der Waals surface area contributed by atoms with Gasteiger partial charge in [0.2, 0.25) is 0 Å². The van der Waals surface area contributed by atoms with Gasteiger partial charge in [0.25, 0.3) is 0 Å². The highest BCUT2D eigenvalue weighted by Crippen LogP contribution is 2.54. The second-order valence-electron chi connectivity index (χ2n) is 18.9. The molecule has 0 saturated carbocycles. The molecule has 1 aliphatic carbocycles. The van der Waals surface area contributed by atoms with E-state index >= 15 is 0 Å². The number of fused-ring (bicyclic) bond motifs is 3. The molecule has 0 radical (unpaired) electrons. The Balaban J connectivity index is 1.02. The van der Waals surface area contributed by atoms with Crippen LogP contribution >= 0.6 is 11.8 Å². The van der Waals surface area contributed by atoms with Crippen LogP contribution in [0.4, 0.5) is 0 Å². The molecule has 0 amide bonds. The maximum atomic E-state index is 5.59. The standard InChI is InChI=1S/C69H48N4S/c1-45-65(49-28-12-5-13-29-49)72-69(73-66(45)52-31-20-30-50(42-52)46-22-6-2-7-23-46)60-41-40-51(43-61(60)55-34-16-15-33-54(55)57-37-21-38-58-56-35-18-19-39-64(56)74-67(57)58)53-32-14-17-36-59(53)68-70-62(47-24-8-3-9-25-47)44-63(71-68)48-26-10-4-11-27-48/h2-44,58,65,67H,1H2. The minimum absolute atomic E-state index is 0.220. The first kappa shape index (κ1) is 44.9. The molecule has 0 bridgehead atoms. The second-order valence-corrected chi connectivity index (χ2v) is 20.0. The van der Waals surface area contributed by atoms with E-state index in [0.717, 1.165) is 89.4 Å². The average molecular weight is 965 g/mol. The lowest BCUT2D eigenvalue weighted by Crippen LogP contribution is -2.20. The maximum absolute atomic E-state index is 5.59. The third-order valence-corrected chi connectivity index (χ3v) is 15.8. The van der Waals surface area contributed by atoms with E-state index in [4.69, 9.17) is 26.5 Å². The van der Waals surface area contributed by atoms with Crippen LogP contribution < -0.4 is 0 Å². The lowest BCUT2D eigenvalue weighted by molar-refractivity contribution is 0.874. The van der Waals surface area contributed by atoms with Crippen LogP contribution in [0, 0.1) is 0 Å². The SMILES string of the molecule is C=C1C(c2cccc(-c3ccccc3)c2)=NC(c2ccc(-c3ccccc3-c3nc(-c4ccccc4)cc(-c4ccccc4)n3)cc2-c2ccccc2C2=CC=CC3c4ccccc4SC23)=NC1c1ccccc1. The Kier molecular flexibility index (Phi) is 11.8. The molecule has 0 saturated heterocycles. The van der Waals surface area contributed by atoms with E-state index in [1.165, 1.54) is 21.6 Å². The molecule has 0 N–H and O–H groups in total. The molecule has 13 rings (SSSR count). The smallest absolute Gasteiger partial charge is 0.161 e.